The number of hydrogen-bond acceptors (Lipinski definition) is 5. The van der Waals surface area contributed by atoms with Gasteiger partial charge in [0.15, 0.2) is 0 Å². The van der Waals surface area contributed by atoms with E-state index >= 15 is 0 Å². The van der Waals surface area contributed by atoms with Crippen molar-refractivity contribution < 1.29 is 29.3 Å². The van der Waals surface area contributed by atoms with E-state index in [2.05, 4.69) is 6.58 Å². The molecule has 0 aromatic rings. The average Bonchev–Trinajstić information content (AvgIpc) is 3.27. The number of carbonyl (C=O) groups is 3. The van der Waals surface area contributed by atoms with Crippen LogP contribution < -0.4 is 0 Å². The standard InChI is InChI=1S/C21H32N2O6/c1-6-10-22(20(3,4)5)18(26)16-21-9-8-13(29-21)14(19(27)28)15(21)17(25)23(16)12(7-2)11-24/h6,12-16,24H,1,7-11H2,2-5H3,(H,27,28)/t12-,13-,14+,15+,16-,21+/m0/s1. The van der Waals surface area contributed by atoms with Crippen LogP contribution in [0.25, 0.3) is 0 Å². The van der Waals surface area contributed by atoms with E-state index in [1.54, 1.807) is 11.0 Å². The summed E-state index contributed by atoms with van der Waals surface area (Å²) in [4.78, 5) is 42.4. The molecule has 0 saturated carbocycles. The second-order valence-corrected chi connectivity index (χ2v) is 9.29. The molecule has 3 saturated heterocycles. The predicted octanol–water partition coefficient (Wildman–Crippen LogP) is 1.03. The van der Waals surface area contributed by atoms with Gasteiger partial charge in [-0.2, -0.15) is 0 Å². The van der Waals surface area contributed by atoms with E-state index < -0.39 is 53.0 Å². The number of carbonyl (C=O) groups excluding carboxylic acids is 2. The minimum atomic E-state index is -1.16. The topological polar surface area (TPSA) is 107 Å². The summed E-state index contributed by atoms with van der Waals surface area (Å²) < 4.78 is 6.17. The summed E-state index contributed by atoms with van der Waals surface area (Å²) in [6, 6.07) is -1.52. The first-order valence-electron chi connectivity index (χ1n) is 10.3. The van der Waals surface area contributed by atoms with E-state index in [9.17, 15) is 24.6 Å². The Morgan fingerprint density at radius 2 is 2.10 bits per heavy atom. The number of aliphatic carboxylic acids is 1. The van der Waals surface area contributed by atoms with Gasteiger partial charge >= 0.3 is 5.97 Å². The van der Waals surface area contributed by atoms with Crippen LogP contribution in [-0.4, -0.2) is 80.3 Å². The summed E-state index contributed by atoms with van der Waals surface area (Å²) in [6.45, 7) is 11.3. The highest BCUT2D eigenvalue weighted by Crippen LogP contribution is 2.59. The Morgan fingerprint density at radius 1 is 1.45 bits per heavy atom. The predicted molar refractivity (Wildman–Crippen MR) is 105 cm³/mol. The minimum Gasteiger partial charge on any atom is -0.481 e. The van der Waals surface area contributed by atoms with Crippen LogP contribution in [-0.2, 0) is 19.1 Å². The van der Waals surface area contributed by atoms with E-state index in [-0.39, 0.29) is 12.5 Å². The Morgan fingerprint density at radius 3 is 2.59 bits per heavy atom. The van der Waals surface area contributed by atoms with Gasteiger partial charge < -0.3 is 24.7 Å². The quantitative estimate of drug-likeness (QED) is 0.610. The smallest absolute Gasteiger partial charge is 0.310 e. The first-order chi connectivity index (χ1) is 13.5. The van der Waals surface area contributed by atoms with Gasteiger partial charge in [0.25, 0.3) is 0 Å². The number of nitrogens with zero attached hydrogens (tertiary/aromatic N) is 2. The number of aliphatic hydroxyl groups excluding tert-OH is 1. The van der Waals surface area contributed by atoms with Crippen molar-refractivity contribution in [3.05, 3.63) is 12.7 Å². The van der Waals surface area contributed by atoms with Crippen molar-refractivity contribution >= 4 is 17.8 Å². The molecule has 1 spiro atoms. The molecule has 29 heavy (non-hydrogen) atoms. The molecular formula is C21H32N2O6. The third-order valence-electron chi connectivity index (χ3n) is 6.72. The number of aliphatic hydroxyl groups is 1. The fraction of sp³-hybridized carbons (Fsp3) is 0.762. The highest BCUT2D eigenvalue weighted by Gasteiger charge is 2.75. The van der Waals surface area contributed by atoms with Crippen LogP contribution in [0.5, 0.6) is 0 Å². The van der Waals surface area contributed by atoms with Crippen molar-refractivity contribution in [1.82, 2.24) is 9.80 Å². The highest BCUT2D eigenvalue weighted by atomic mass is 16.5. The van der Waals surface area contributed by atoms with Crippen LogP contribution >= 0.6 is 0 Å². The van der Waals surface area contributed by atoms with E-state index in [0.29, 0.717) is 25.8 Å². The van der Waals surface area contributed by atoms with Crippen molar-refractivity contribution in [2.75, 3.05) is 13.2 Å². The van der Waals surface area contributed by atoms with Gasteiger partial charge in [-0.25, -0.2) is 0 Å². The maximum absolute atomic E-state index is 13.9. The van der Waals surface area contributed by atoms with E-state index in [0.717, 1.165) is 0 Å². The number of amides is 2. The van der Waals surface area contributed by atoms with Gasteiger partial charge in [0.2, 0.25) is 11.8 Å². The normalized spacial score (nSPS) is 34.2. The van der Waals surface area contributed by atoms with Crippen LogP contribution in [0, 0.1) is 11.8 Å². The fourth-order valence-electron chi connectivity index (χ4n) is 5.43. The lowest BCUT2D eigenvalue weighted by molar-refractivity contribution is -0.155. The number of carboxylic acids is 1. The summed E-state index contributed by atoms with van der Waals surface area (Å²) in [6.07, 6.45) is 2.49. The lowest BCUT2D eigenvalue weighted by Crippen LogP contribution is -2.61. The van der Waals surface area contributed by atoms with Gasteiger partial charge in [-0.1, -0.05) is 13.0 Å². The second kappa shape index (κ2) is 7.40. The molecule has 0 aliphatic carbocycles. The summed E-state index contributed by atoms with van der Waals surface area (Å²) in [5.74, 6) is -3.62. The van der Waals surface area contributed by atoms with E-state index in [4.69, 9.17) is 4.74 Å². The van der Waals surface area contributed by atoms with Gasteiger partial charge in [-0.3, -0.25) is 14.4 Å². The molecule has 3 aliphatic heterocycles. The zero-order valence-electron chi connectivity index (χ0n) is 17.6. The van der Waals surface area contributed by atoms with Crippen LogP contribution in [0.1, 0.15) is 47.0 Å². The monoisotopic (exact) mass is 408 g/mol. The van der Waals surface area contributed by atoms with Gasteiger partial charge in [-0.15, -0.1) is 6.58 Å². The van der Waals surface area contributed by atoms with Gasteiger partial charge in [0.05, 0.1) is 30.6 Å². The molecule has 2 bridgehead atoms. The van der Waals surface area contributed by atoms with E-state index in [1.165, 1.54) is 4.90 Å². The third kappa shape index (κ3) is 3.08. The molecule has 3 heterocycles. The summed E-state index contributed by atoms with van der Waals surface area (Å²) in [5, 5.41) is 19.7. The van der Waals surface area contributed by atoms with Crippen molar-refractivity contribution in [3.8, 4) is 0 Å². The Bertz CT molecular complexity index is 712. The van der Waals surface area contributed by atoms with Crippen LogP contribution in [0.3, 0.4) is 0 Å². The van der Waals surface area contributed by atoms with Crippen molar-refractivity contribution in [2.45, 2.75) is 76.3 Å². The Hall–Kier alpha value is -1.93. The van der Waals surface area contributed by atoms with E-state index in [1.807, 2.05) is 27.7 Å². The van der Waals surface area contributed by atoms with Gasteiger partial charge in [-0.05, 0) is 40.0 Å². The molecular weight excluding hydrogens is 376 g/mol. The number of carboxylic acid groups (broad SMARTS) is 1. The molecule has 0 unspecified atom stereocenters. The summed E-state index contributed by atoms with van der Waals surface area (Å²) >= 11 is 0. The van der Waals surface area contributed by atoms with Crippen LogP contribution in [0.2, 0.25) is 0 Å². The molecule has 0 aromatic heterocycles. The average molecular weight is 408 g/mol. The molecule has 6 atom stereocenters. The van der Waals surface area contributed by atoms with Crippen molar-refractivity contribution in [1.29, 1.82) is 0 Å². The fourth-order valence-corrected chi connectivity index (χ4v) is 5.43. The molecule has 162 valence electrons. The first-order valence-corrected chi connectivity index (χ1v) is 10.3. The highest BCUT2D eigenvalue weighted by molar-refractivity contribution is 5.98. The molecule has 3 rings (SSSR count). The first kappa shape index (κ1) is 21.8. The molecule has 3 fully saturated rings. The van der Waals surface area contributed by atoms with Crippen molar-refractivity contribution in [3.63, 3.8) is 0 Å². The molecule has 8 heteroatoms. The van der Waals surface area contributed by atoms with Crippen LogP contribution in [0.15, 0.2) is 12.7 Å². The van der Waals surface area contributed by atoms with Crippen LogP contribution in [0.4, 0.5) is 0 Å². The third-order valence-corrected chi connectivity index (χ3v) is 6.72. The SMILES string of the molecule is C=CCN(C(=O)[C@@H]1N([C@@H](CC)CO)C(=O)[C@H]2[C@H](C(=O)O)[C@@H]3CC[C@]12O3)C(C)(C)C. The molecule has 3 aliphatic rings. The molecule has 0 radical (unpaired) electrons. The number of likely N-dealkylation sites (tertiary alicyclic amines) is 1. The maximum atomic E-state index is 13.9. The zero-order valence-corrected chi connectivity index (χ0v) is 17.6. The molecule has 2 amide bonds. The molecule has 0 aromatic carbocycles. The summed E-state index contributed by atoms with van der Waals surface area (Å²) in [7, 11) is 0. The van der Waals surface area contributed by atoms with Gasteiger partial charge in [0, 0.05) is 12.1 Å². The lowest BCUT2D eigenvalue weighted by Gasteiger charge is -2.43. The van der Waals surface area contributed by atoms with Gasteiger partial charge in [0.1, 0.15) is 11.6 Å². The molecule has 8 nitrogen and oxygen atoms in total. The number of fused-ring (bicyclic) bond motifs is 1. The molecule has 2 N–H and O–H groups in total. The largest absolute Gasteiger partial charge is 0.481 e. The number of rotatable bonds is 7. The maximum Gasteiger partial charge on any atom is 0.310 e. The minimum absolute atomic E-state index is 0.285. The lowest BCUT2D eigenvalue weighted by atomic mass is 9.70. The Balaban J connectivity index is 2.13. The number of hydrogen-bond donors (Lipinski definition) is 2. The Kier molecular flexibility index (Phi) is 5.55. The zero-order chi connectivity index (χ0) is 21.7. The van der Waals surface area contributed by atoms with Crippen molar-refractivity contribution in [2.24, 2.45) is 11.8 Å². The Labute approximate surface area is 171 Å². The summed E-state index contributed by atoms with van der Waals surface area (Å²) in [5.41, 5.74) is -1.69. The second-order valence-electron chi connectivity index (χ2n) is 9.29. The number of ether oxygens (including phenoxy) is 1.